The van der Waals surface area contributed by atoms with E-state index in [0.29, 0.717) is 19.3 Å². The van der Waals surface area contributed by atoms with Gasteiger partial charge in [-0.25, -0.2) is 4.79 Å². The second-order valence-corrected chi connectivity index (χ2v) is 10.5. The zero-order valence-corrected chi connectivity index (χ0v) is 25.8. The third-order valence-corrected chi connectivity index (χ3v) is 6.47. The minimum absolute atomic E-state index is 0.132. The number of rotatable bonds is 25. The molecular formula is C31H62N2O6. The summed E-state index contributed by atoms with van der Waals surface area (Å²) >= 11 is 0. The quantitative estimate of drug-likeness (QED) is 0.0581. The van der Waals surface area contributed by atoms with Crippen molar-refractivity contribution in [2.75, 3.05) is 0 Å². The van der Waals surface area contributed by atoms with Gasteiger partial charge >= 0.3 is 18.0 Å². The second kappa shape index (κ2) is 30.7. The van der Waals surface area contributed by atoms with Gasteiger partial charge < -0.3 is 14.6 Å². The van der Waals surface area contributed by atoms with Gasteiger partial charge in [-0.2, -0.15) is 0 Å². The minimum Gasteiger partial charge on any atom is -0.465 e. The maximum absolute atomic E-state index is 11.7. The lowest BCUT2D eigenvalue weighted by atomic mass is 10.1. The van der Waals surface area contributed by atoms with Crippen molar-refractivity contribution in [3.8, 4) is 0 Å². The predicted octanol–water partition coefficient (Wildman–Crippen LogP) is 8.60. The van der Waals surface area contributed by atoms with E-state index >= 15 is 0 Å². The maximum atomic E-state index is 11.7. The standard InChI is InChI=1S/C16H31NO4.C15H31NO2/c1-3-5-7-8-9-10-11-13-15(18)21-14(12-6-4-2)17-16(19)20;1-3-5-7-8-9-10-11-13-15(17)18-14(16)12-6-4-2/h14,17H,3-13H2,1-2H3,(H,19,20);14H,3-13,16H2,1-2H3. The highest BCUT2D eigenvalue weighted by molar-refractivity contribution is 5.70. The Kier molecular flexibility index (Phi) is 31.0. The van der Waals surface area contributed by atoms with Crippen molar-refractivity contribution in [1.82, 2.24) is 5.32 Å². The number of hydrogen-bond acceptors (Lipinski definition) is 6. The molecule has 0 aliphatic heterocycles. The van der Waals surface area contributed by atoms with Crippen molar-refractivity contribution in [1.29, 1.82) is 0 Å². The molecule has 0 saturated heterocycles. The Bertz CT molecular complexity index is 573. The molecule has 0 fully saturated rings. The van der Waals surface area contributed by atoms with Crippen LogP contribution in [0, 0.1) is 0 Å². The largest absolute Gasteiger partial charge is 0.465 e. The first-order valence-electron chi connectivity index (χ1n) is 15.9. The fraction of sp³-hybridized carbons (Fsp3) is 0.903. The van der Waals surface area contributed by atoms with Crippen molar-refractivity contribution in [3.05, 3.63) is 0 Å². The molecule has 39 heavy (non-hydrogen) atoms. The Morgan fingerprint density at radius 2 is 0.974 bits per heavy atom. The van der Waals surface area contributed by atoms with Crippen LogP contribution in [0.3, 0.4) is 0 Å². The molecule has 0 aliphatic rings. The lowest BCUT2D eigenvalue weighted by molar-refractivity contribution is -0.151. The lowest BCUT2D eigenvalue weighted by Crippen LogP contribution is -2.37. The second-order valence-electron chi connectivity index (χ2n) is 10.5. The van der Waals surface area contributed by atoms with Crippen LogP contribution in [-0.2, 0) is 19.1 Å². The summed E-state index contributed by atoms with van der Waals surface area (Å²) in [5, 5.41) is 11.0. The first-order valence-corrected chi connectivity index (χ1v) is 15.9. The summed E-state index contributed by atoms with van der Waals surface area (Å²) in [6.45, 7) is 8.53. The zero-order valence-electron chi connectivity index (χ0n) is 25.8. The Hall–Kier alpha value is -1.83. The van der Waals surface area contributed by atoms with E-state index in [1.165, 1.54) is 57.8 Å². The SMILES string of the molecule is CCCCCCCCCC(=O)OC(CCCC)NC(=O)O.CCCCCCCCCC(=O)OC(N)CCCC. The van der Waals surface area contributed by atoms with Crippen LogP contribution in [-0.4, -0.2) is 35.6 Å². The molecule has 0 heterocycles. The third-order valence-electron chi connectivity index (χ3n) is 6.47. The van der Waals surface area contributed by atoms with Gasteiger partial charge in [-0.3, -0.25) is 20.6 Å². The highest BCUT2D eigenvalue weighted by atomic mass is 16.6. The molecule has 1 amide bonds. The number of unbranched alkanes of at least 4 members (excludes halogenated alkanes) is 14. The molecule has 4 N–H and O–H groups in total. The molecule has 8 heteroatoms. The molecule has 0 radical (unpaired) electrons. The lowest BCUT2D eigenvalue weighted by Gasteiger charge is -2.17. The summed E-state index contributed by atoms with van der Waals surface area (Å²) in [6.07, 6.45) is 20.3. The monoisotopic (exact) mass is 558 g/mol. The smallest absolute Gasteiger partial charge is 0.407 e. The van der Waals surface area contributed by atoms with E-state index < -0.39 is 18.5 Å². The Morgan fingerprint density at radius 1 is 0.590 bits per heavy atom. The van der Waals surface area contributed by atoms with Crippen LogP contribution in [0.2, 0.25) is 0 Å². The van der Waals surface area contributed by atoms with E-state index in [0.717, 1.165) is 64.2 Å². The molecule has 0 bridgehead atoms. The summed E-state index contributed by atoms with van der Waals surface area (Å²) in [5.41, 5.74) is 5.70. The normalized spacial score (nSPS) is 12.1. The fourth-order valence-electron chi connectivity index (χ4n) is 4.05. The average Bonchev–Trinajstić information content (AvgIpc) is 2.89. The average molecular weight is 559 g/mol. The molecule has 232 valence electrons. The van der Waals surface area contributed by atoms with Crippen LogP contribution in [0.4, 0.5) is 4.79 Å². The van der Waals surface area contributed by atoms with Crippen molar-refractivity contribution in [2.24, 2.45) is 5.73 Å². The number of nitrogens with one attached hydrogen (secondary N) is 1. The van der Waals surface area contributed by atoms with Crippen molar-refractivity contribution in [3.63, 3.8) is 0 Å². The van der Waals surface area contributed by atoms with Crippen LogP contribution < -0.4 is 11.1 Å². The van der Waals surface area contributed by atoms with Crippen LogP contribution in [0.1, 0.15) is 169 Å². The molecule has 0 saturated carbocycles. The van der Waals surface area contributed by atoms with Gasteiger partial charge in [-0.1, -0.05) is 118 Å². The first-order chi connectivity index (χ1) is 18.8. The van der Waals surface area contributed by atoms with E-state index in [-0.39, 0.29) is 11.9 Å². The van der Waals surface area contributed by atoms with Gasteiger partial charge in [-0.05, 0) is 32.1 Å². The van der Waals surface area contributed by atoms with E-state index in [4.69, 9.17) is 20.3 Å². The molecule has 0 spiro atoms. The minimum atomic E-state index is -1.15. The van der Waals surface area contributed by atoms with Crippen LogP contribution in [0.5, 0.6) is 0 Å². The van der Waals surface area contributed by atoms with Crippen molar-refractivity contribution >= 4 is 18.0 Å². The van der Waals surface area contributed by atoms with Gasteiger partial charge in [0.2, 0.25) is 0 Å². The highest BCUT2D eigenvalue weighted by Gasteiger charge is 2.15. The van der Waals surface area contributed by atoms with E-state index in [9.17, 15) is 14.4 Å². The van der Waals surface area contributed by atoms with Crippen molar-refractivity contribution < 1.29 is 29.0 Å². The van der Waals surface area contributed by atoms with E-state index in [1.54, 1.807) is 0 Å². The number of carbonyl (C=O) groups is 3. The van der Waals surface area contributed by atoms with Gasteiger partial charge in [0, 0.05) is 19.3 Å². The summed E-state index contributed by atoms with van der Waals surface area (Å²) in [4.78, 5) is 33.8. The summed E-state index contributed by atoms with van der Waals surface area (Å²) in [6, 6.07) is 0. The predicted molar refractivity (Wildman–Crippen MR) is 159 cm³/mol. The third kappa shape index (κ3) is 32.3. The molecule has 2 unspecified atom stereocenters. The molecule has 0 aliphatic carbocycles. The van der Waals surface area contributed by atoms with Crippen LogP contribution in [0.15, 0.2) is 0 Å². The van der Waals surface area contributed by atoms with Gasteiger partial charge in [0.05, 0.1) is 0 Å². The molecule has 0 aromatic carbocycles. The molecule has 0 rings (SSSR count). The van der Waals surface area contributed by atoms with Crippen molar-refractivity contribution in [2.45, 2.75) is 181 Å². The van der Waals surface area contributed by atoms with Crippen LogP contribution >= 0.6 is 0 Å². The van der Waals surface area contributed by atoms with E-state index in [1.807, 2.05) is 6.92 Å². The van der Waals surface area contributed by atoms with Crippen LogP contribution in [0.25, 0.3) is 0 Å². The number of esters is 2. The van der Waals surface area contributed by atoms with Gasteiger partial charge in [0.15, 0.2) is 12.5 Å². The number of carboxylic acid groups (broad SMARTS) is 1. The fourth-order valence-corrected chi connectivity index (χ4v) is 4.05. The maximum Gasteiger partial charge on any atom is 0.407 e. The molecule has 0 aromatic heterocycles. The van der Waals surface area contributed by atoms with E-state index in [2.05, 4.69) is 26.1 Å². The summed E-state index contributed by atoms with van der Waals surface area (Å²) in [7, 11) is 0. The summed E-state index contributed by atoms with van der Waals surface area (Å²) in [5.74, 6) is -0.439. The number of amides is 1. The van der Waals surface area contributed by atoms with Gasteiger partial charge in [0.1, 0.15) is 0 Å². The number of nitrogens with two attached hydrogens (primary N) is 1. The number of carbonyl (C=O) groups excluding carboxylic acids is 2. The van der Waals surface area contributed by atoms with Gasteiger partial charge in [0.25, 0.3) is 0 Å². The Labute approximate surface area is 239 Å². The Morgan fingerprint density at radius 3 is 1.41 bits per heavy atom. The highest BCUT2D eigenvalue weighted by Crippen LogP contribution is 2.11. The molecule has 2 atom stereocenters. The van der Waals surface area contributed by atoms with Gasteiger partial charge in [-0.15, -0.1) is 0 Å². The number of ether oxygens (including phenoxy) is 2. The topological polar surface area (TPSA) is 128 Å². The molecular weight excluding hydrogens is 496 g/mol. The molecule has 0 aromatic rings. The number of hydrogen-bond donors (Lipinski definition) is 3. The first kappa shape index (κ1) is 39.3. The molecule has 8 nitrogen and oxygen atoms in total. The summed E-state index contributed by atoms with van der Waals surface area (Å²) < 4.78 is 10.3. The zero-order chi connectivity index (χ0) is 29.6. The Balaban J connectivity index is 0.